The average molecular weight is 289 g/mol. The van der Waals surface area contributed by atoms with Gasteiger partial charge in [0.1, 0.15) is 5.56 Å². The number of carbonyl (C=O) groups is 1. The molecule has 0 unspecified atom stereocenters. The van der Waals surface area contributed by atoms with Crippen LogP contribution in [-0.2, 0) is 0 Å². The number of fused-ring (bicyclic) bond motifs is 1. The number of nitrogens with zero attached hydrogens (tertiary/aromatic N) is 2. The van der Waals surface area contributed by atoms with Gasteiger partial charge in [-0.05, 0) is 31.9 Å². The van der Waals surface area contributed by atoms with Crippen molar-refractivity contribution in [3.63, 3.8) is 0 Å². The highest BCUT2D eigenvalue weighted by Crippen LogP contribution is 2.27. The van der Waals surface area contributed by atoms with Crippen LogP contribution >= 0.6 is 0 Å². The lowest BCUT2D eigenvalue weighted by molar-refractivity contribution is -0.385. The van der Waals surface area contributed by atoms with Crippen LogP contribution in [0.2, 0.25) is 0 Å². The quantitative estimate of drug-likeness (QED) is 0.681. The molecule has 6 heteroatoms. The fraction of sp³-hybridized carbons (Fsp3) is 0.533. The highest BCUT2D eigenvalue weighted by molar-refractivity contribution is 5.98. The van der Waals surface area contributed by atoms with Crippen LogP contribution in [0.1, 0.15) is 36.0 Å². The molecule has 0 radical (unpaired) electrons. The van der Waals surface area contributed by atoms with E-state index in [-0.39, 0.29) is 23.2 Å². The van der Waals surface area contributed by atoms with E-state index < -0.39 is 4.92 Å². The second-order valence-corrected chi connectivity index (χ2v) is 5.74. The maximum atomic E-state index is 12.4. The first-order valence-electron chi connectivity index (χ1n) is 7.45. The van der Waals surface area contributed by atoms with Gasteiger partial charge in [-0.3, -0.25) is 19.8 Å². The largest absolute Gasteiger partial charge is 0.347 e. The Morgan fingerprint density at radius 1 is 1.24 bits per heavy atom. The monoisotopic (exact) mass is 289 g/mol. The molecule has 3 rings (SSSR count). The van der Waals surface area contributed by atoms with Crippen molar-refractivity contribution in [2.24, 2.45) is 0 Å². The summed E-state index contributed by atoms with van der Waals surface area (Å²) in [5, 5.41) is 14.0. The molecule has 1 aromatic carbocycles. The van der Waals surface area contributed by atoms with Gasteiger partial charge in [-0.25, -0.2) is 0 Å². The molecule has 2 aliphatic rings. The molecular weight excluding hydrogens is 270 g/mol. The number of nitro groups is 1. The lowest BCUT2D eigenvalue weighted by atomic mass is 9.98. The van der Waals surface area contributed by atoms with Gasteiger partial charge >= 0.3 is 0 Å². The summed E-state index contributed by atoms with van der Waals surface area (Å²) in [5.41, 5.74) is 0.0188. The predicted octanol–water partition coefficient (Wildman–Crippen LogP) is 1.95. The van der Waals surface area contributed by atoms with Crippen LogP contribution < -0.4 is 5.32 Å². The Kier molecular flexibility index (Phi) is 3.88. The van der Waals surface area contributed by atoms with Gasteiger partial charge in [-0.15, -0.1) is 0 Å². The molecule has 1 aromatic rings. The third kappa shape index (κ3) is 2.76. The Morgan fingerprint density at radius 3 is 2.86 bits per heavy atom. The third-order valence-electron chi connectivity index (χ3n) is 4.52. The topological polar surface area (TPSA) is 75.5 Å². The van der Waals surface area contributed by atoms with E-state index in [1.54, 1.807) is 12.1 Å². The van der Waals surface area contributed by atoms with Gasteiger partial charge in [-0.1, -0.05) is 18.6 Å². The second kappa shape index (κ2) is 5.81. The standard InChI is InChI=1S/C15H19N3O3/c19-15(11-5-1-2-6-13(11)18(20)21)16-12-8-10-17-9-4-3-7-14(12)17/h1-2,5-6,12,14H,3-4,7-10H2,(H,16,19)/t12-,14-/m1/s1. The first-order chi connectivity index (χ1) is 10.2. The molecule has 21 heavy (non-hydrogen) atoms. The molecule has 2 atom stereocenters. The smallest absolute Gasteiger partial charge is 0.282 e. The van der Waals surface area contributed by atoms with Crippen LogP contribution in [0.3, 0.4) is 0 Å². The number of para-hydroxylation sites is 1. The molecule has 6 nitrogen and oxygen atoms in total. The molecule has 1 N–H and O–H groups in total. The molecule has 1 amide bonds. The van der Waals surface area contributed by atoms with Crippen molar-refractivity contribution in [3.05, 3.63) is 39.9 Å². The minimum atomic E-state index is -0.503. The third-order valence-corrected chi connectivity index (χ3v) is 4.52. The number of benzene rings is 1. The van der Waals surface area contributed by atoms with Gasteiger partial charge in [0.15, 0.2) is 0 Å². The number of carbonyl (C=O) groups excluding carboxylic acids is 1. The summed E-state index contributed by atoms with van der Waals surface area (Å²) in [4.78, 5) is 25.3. The second-order valence-electron chi connectivity index (χ2n) is 5.74. The van der Waals surface area contributed by atoms with Crippen LogP contribution in [0.4, 0.5) is 5.69 Å². The number of nitro benzene ring substituents is 1. The number of hydrogen-bond donors (Lipinski definition) is 1. The van der Waals surface area contributed by atoms with Crippen molar-refractivity contribution in [2.45, 2.75) is 37.8 Å². The maximum Gasteiger partial charge on any atom is 0.282 e. The Labute approximate surface area is 123 Å². The van der Waals surface area contributed by atoms with Crippen molar-refractivity contribution < 1.29 is 9.72 Å². The van der Waals surface area contributed by atoms with Crippen molar-refractivity contribution >= 4 is 11.6 Å². The van der Waals surface area contributed by atoms with Crippen molar-refractivity contribution in [1.29, 1.82) is 0 Å². The number of piperidine rings is 1. The van der Waals surface area contributed by atoms with Crippen LogP contribution in [0.15, 0.2) is 24.3 Å². The summed E-state index contributed by atoms with van der Waals surface area (Å²) >= 11 is 0. The van der Waals surface area contributed by atoms with Crippen molar-refractivity contribution in [2.75, 3.05) is 13.1 Å². The summed E-state index contributed by atoms with van der Waals surface area (Å²) in [6, 6.07) is 6.62. The molecular formula is C15H19N3O3. The molecule has 0 saturated carbocycles. The van der Waals surface area contributed by atoms with Gasteiger partial charge in [0, 0.05) is 24.7 Å². The molecule has 0 aromatic heterocycles. The van der Waals surface area contributed by atoms with E-state index in [1.165, 1.54) is 25.0 Å². The SMILES string of the molecule is O=C(N[C@@H]1CCN2CCCC[C@H]12)c1ccccc1[N+](=O)[O-]. The van der Waals surface area contributed by atoms with Crippen molar-refractivity contribution in [1.82, 2.24) is 10.2 Å². The van der Waals surface area contributed by atoms with E-state index in [4.69, 9.17) is 0 Å². The Morgan fingerprint density at radius 2 is 2.05 bits per heavy atom. The summed E-state index contributed by atoms with van der Waals surface area (Å²) in [6.07, 6.45) is 4.44. The van der Waals surface area contributed by atoms with Crippen molar-refractivity contribution in [3.8, 4) is 0 Å². The summed E-state index contributed by atoms with van der Waals surface area (Å²) < 4.78 is 0. The lowest BCUT2D eigenvalue weighted by Gasteiger charge is -2.32. The van der Waals surface area contributed by atoms with Gasteiger partial charge < -0.3 is 5.32 Å². The molecule has 0 aliphatic carbocycles. The summed E-state index contributed by atoms with van der Waals surface area (Å²) in [5.74, 6) is -0.334. The summed E-state index contributed by atoms with van der Waals surface area (Å²) in [7, 11) is 0. The maximum absolute atomic E-state index is 12.4. The van der Waals surface area contributed by atoms with Crippen LogP contribution in [0.25, 0.3) is 0 Å². The van der Waals surface area contributed by atoms with Gasteiger partial charge in [0.2, 0.25) is 0 Å². The molecule has 0 bridgehead atoms. The summed E-state index contributed by atoms with van der Waals surface area (Å²) in [6.45, 7) is 2.11. The Balaban J connectivity index is 1.73. The molecule has 0 spiro atoms. The Hall–Kier alpha value is -1.95. The predicted molar refractivity (Wildman–Crippen MR) is 78.2 cm³/mol. The van der Waals surface area contributed by atoms with Crippen LogP contribution in [-0.4, -0.2) is 40.9 Å². The first kappa shape index (κ1) is 14.0. The number of nitrogens with one attached hydrogen (secondary N) is 1. The fourth-order valence-corrected chi connectivity index (χ4v) is 3.49. The van der Waals surface area contributed by atoms with E-state index >= 15 is 0 Å². The van der Waals surface area contributed by atoms with E-state index in [2.05, 4.69) is 10.2 Å². The van der Waals surface area contributed by atoms with Gasteiger partial charge in [0.05, 0.1) is 4.92 Å². The molecule has 2 saturated heterocycles. The van der Waals surface area contributed by atoms with E-state index in [9.17, 15) is 14.9 Å². The minimum Gasteiger partial charge on any atom is -0.347 e. The van der Waals surface area contributed by atoms with Crippen LogP contribution in [0.5, 0.6) is 0 Å². The fourth-order valence-electron chi connectivity index (χ4n) is 3.49. The van der Waals surface area contributed by atoms with Crippen LogP contribution in [0, 0.1) is 10.1 Å². The van der Waals surface area contributed by atoms with Gasteiger partial charge in [-0.2, -0.15) is 0 Å². The number of hydrogen-bond acceptors (Lipinski definition) is 4. The molecule has 112 valence electrons. The lowest BCUT2D eigenvalue weighted by Crippen LogP contribution is -2.46. The Bertz CT molecular complexity index is 561. The molecule has 2 heterocycles. The minimum absolute atomic E-state index is 0.109. The van der Waals surface area contributed by atoms with E-state index in [0.29, 0.717) is 6.04 Å². The zero-order valence-electron chi connectivity index (χ0n) is 11.8. The zero-order valence-corrected chi connectivity index (χ0v) is 11.8. The van der Waals surface area contributed by atoms with E-state index in [0.717, 1.165) is 25.9 Å². The highest BCUT2D eigenvalue weighted by Gasteiger charge is 2.36. The average Bonchev–Trinajstić information content (AvgIpc) is 2.90. The normalized spacial score (nSPS) is 25.3. The highest BCUT2D eigenvalue weighted by atomic mass is 16.6. The van der Waals surface area contributed by atoms with Gasteiger partial charge in [0.25, 0.3) is 11.6 Å². The molecule has 2 aliphatic heterocycles. The zero-order chi connectivity index (χ0) is 14.8. The van der Waals surface area contributed by atoms with E-state index in [1.807, 2.05) is 0 Å². The number of amides is 1. The first-order valence-corrected chi connectivity index (χ1v) is 7.45. The molecule has 2 fully saturated rings. The number of rotatable bonds is 3.